The Morgan fingerprint density at radius 2 is 1.84 bits per heavy atom. The smallest absolute Gasteiger partial charge is 0.274 e. The molecule has 5 nitrogen and oxygen atoms in total. The van der Waals surface area contributed by atoms with Crippen molar-refractivity contribution in [3.63, 3.8) is 0 Å². The maximum absolute atomic E-state index is 12.4. The third-order valence-electron chi connectivity index (χ3n) is 3.73. The number of amides is 1. The van der Waals surface area contributed by atoms with Crippen molar-refractivity contribution in [3.05, 3.63) is 76.0 Å². The molecular weight excluding hydrogens is 380 g/mol. The third-order valence-corrected chi connectivity index (χ3v) is 4.23. The van der Waals surface area contributed by atoms with E-state index in [0.29, 0.717) is 17.3 Å². The van der Waals surface area contributed by atoms with E-state index in [1.807, 2.05) is 49.4 Å². The van der Waals surface area contributed by atoms with Gasteiger partial charge in [0.1, 0.15) is 5.69 Å². The lowest BCUT2D eigenvalue weighted by atomic mass is 10.1. The molecule has 0 fully saturated rings. The van der Waals surface area contributed by atoms with Crippen LogP contribution in [0.1, 0.15) is 21.6 Å². The normalized spacial score (nSPS) is 10.4. The summed E-state index contributed by atoms with van der Waals surface area (Å²) in [6, 6.07) is 15.0. The van der Waals surface area contributed by atoms with Gasteiger partial charge >= 0.3 is 0 Å². The second-order valence-electron chi connectivity index (χ2n) is 5.65. The van der Waals surface area contributed by atoms with Crippen molar-refractivity contribution >= 4 is 39.2 Å². The Labute approximate surface area is 154 Å². The molecule has 0 unspecified atom stereocenters. The van der Waals surface area contributed by atoms with Gasteiger partial charge in [-0.25, -0.2) is 9.97 Å². The largest absolute Gasteiger partial charge is 0.324 e. The van der Waals surface area contributed by atoms with E-state index in [9.17, 15) is 4.79 Å². The van der Waals surface area contributed by atoms with Gasteiger partial charge in [-0.15, -0.1) is 0 Å². The maximum atomic E-state index is 12.4. The lowest BCUT2D eigenvalue weighted by Gasteiger charge is -2.09. The molecule has 6 heteroatoms. The van der Waals surface area contributed by atoms with Gasteiger partial charge in [-0.1, -0.05) is 28.1 Å². The molecule has 0 spiro atoms. The van der Waals surface area contributed by atoms with E-state index >= 15 is 0 Å². The van der Waals surface area contributed by atoms with Gasteiger partial charge in [0, 0.05) is 22.0 Å². The molecule has 0 bridgehead atoms. The van der Waals surface area contributed by atoms with E-state index in [4.69, 9.17) is 0 Å². The number of benzene rings is 2. The number of carbonyl (C=O) groups is 1. The minimum atomic E-state index is -0.288. The number of nitrogens with zero attached hydrogens (tertiary/aromatic N) is 2. The van der Waals surface area contributed by atoms with E-state index in [0.717, 1.165) is 10.2 Å². The summed E-state index contributed by atoms with van der Waals surface area (Å²) in [6.45, 7) is 4.10. The second-order valence-corrected chi connectivity index (χ2v) is 6.57. The van der Waals surface area contributed by atoms with Crippen LogP contribution in [0.3, 0.4) is 0 Å². The Morgan fingerprint density at radius 1 is 1.00 bits per heavy atom. The van der Waals surface area contributed by atoms with Crippen LogP contribution >= 0.6 is 15.9 Å². The van der Waals surface area contributed by atoms with Crippen molar-refractivity contribution in [3.8, 4) is 0 Å². The van der Waals surface area contributed by atoms with Crippen LogP contribution < -0.4 is 10.6 Å². The van der Waals surface area contributed by atoms with Crippen molar-refractivity contribution in [1.82, 2.24) is 9.97 Å². The first-order valence-corrected chi connectivity index (χ1v) is 8.55. The summed E-state index contributed by atoms with van der Waals surface area (Å²) < 4.78 is 0.894. The van der Waals surface area contributed by atoms with Gasteiger partial charge in [-0.3, -0.25) is 4.79 Å². The van der Waals surface area contributed by atoms with Crippen LogP contribution in [0.2, 0.25) is 0 Å². The number of hydrogen-bond acceptors (Lipinski definition) is 4. The number of anilines is 3. The number of carbonyl (C=O) groups excluding carboxylic acids is 1. The summed E-state index contributed by atoms with van der Waals surface area (Å²) in [5.41, 5.74) is 4.26. The predicted molar refractivity (Wildman–Crippen MR) is 103 cm³/mol. The Hall–Kier alpha value is -2.73. The number of aromatic nitrogens is 2. The maximum Gasteiger partial charge on any atom is 0.274 e. The summed E-state index contributed by atoms with van der Waals surface area (Å²) in [4.78, 5) is 20.9. The first kappa shape index (κ1) is 17.1. The molecule has 2 aromatic carbocycles. The lowest BCUT2D eigenvalue weighted by molar-refractivity contribution is 0.102. The van der Waals surface area contributed by atoms with Crippen LogP contribution in [-0.4, -0.2) is 15.9 Å². The molecule has 0 atom stereocenters. The van der Waals surface area contributed by atoms with Gasteiger partial charge in [0.15, 0.2) is 0 Å². The Bertz CT molecular complexity index is 927. The molecule has 126 valence electrons. The van der Waals surface area contributed by atoms with Crippen LogP contribution in [0.4, 0.5) is 17.3 Å². The van der Waals surface area contributed by atoms with Crippen LogP contribution in [-0.2, 0) is 0 Å². The fraction of sp³-hybridized carbons (Fsp3) is 0.105. The summed E-state index contributed by atoms with van der Waals surface area (Å²) >= 11 is 3.38. The molecule has 0 aliphatic heterocycles. The van der Waals surface area contributed by atoms with Crippen molar-refractivity contribution in [1.29, 1.82) is 0 Å². The fourth-order valence-corrected chi connectivity index (χ4v) is 2.65. The van der Waals surface area contributed by atoms with E-state index in [1.54, 1.807) is 12.3 Å². The number of rotatable bonds is 4. The van der Waals surface area contributed by atoms with Gasteiger partial charge in [0.2, 0.25) is 5.95 Å². The molecule has 25 heavy (non-hydrogen) atoms. The zero-order valence-electron chi connectivity index (χ0n) is 13.9. The minimum Gasteiger partial charge on any atom is -0.324 e. The zero-order chi connectivity index (χ0) is 17.8. The lowest BCUT2D eigenvalue weighted by Crippen LogP contribution is -2.14. The minimum absolute atomic E-state index is 0.288. The summed E-state index contributed by atoms with van der Waals surface area (Å²) in [5.74, 6) is 0.0915. The molecule has 3 rings (SSSR count). The molecule has 0 aliphatic carbocycles. The molecule has 3 aromatic rings. The summed E-state index contributed by atoms with van der Waals surface area (Å²) in [7, 11) is 0. The Kier molecular flexibility index (Phi) is 5.09. The average Bonchev–Trinajstić information content (AvgIpc) is 2.58. The number of halogens is 1. The average molecular weight is 397 g/mol. The van der Waals surface area contributed by atoms with Gasteiger partial charge < -0.3 is 10.6 Å². The molecule has 1 amide bonds. The van der Waals surface area contributed by atoms with Crippen LogP contribution in [0.5, 0.6) is 0 Å². The van der Waals surface area contributed by atoms with Gasteiger partial charge in [-0.05, 0) is 61.4 Å². The van der Waals surface area contributed by atoms with Gasteiger partial charge in [0.05, 0.1) is 0 Å². The molecule has 1 heterocycles. The van der Waals surface area contributed by atoms with Crippen LogP contribution in [0.15, 0.2) is 59.2 Å². The number of nitrogens with one attached hydrogen (secondary N) is 2. The Morgan fingerprint density at radius 3 is 2.60 bits per heavy atom. The van der Waals surface area contributed by atoms with Crippen molar-refractivity contribution in [2.45, 2.75) is 13.8 Å². The van der Waals surface area contributed by atoms with Gasteiger partial charge in [0.25, 0.3) is 5.91 Å². The van der Waals surface area contributed by atoms with Crippen LogP contribution in [0, 0.1) is 13.8 Å². The molecule has 1 aromatic heterocycles. The van der Waals surface area contributed by atoms with Crippen molar-refractivity contribution in [2.75, 3.05) is 10.6 Å². The van der Waals surface area contributed by atoms with Crippen LogP contribution in [0.25, 0.3) is 0 Å². The molecule has 0 aliphatic rings. The molecule has 2 N–H and O–H groups in total. The highest BCUT2D eigenvalue weighted by Gasteiger charge is 2.10. The second kappa shape index (κ2) is 7.44. The van der Waals surface area contributed by atoms with Gasteiger partial charge in [-0.2, -0.15) is 0 Å². The highest BCUT2D eigenvalue weighted by molar-refractivity contribution is 9.10. The number of aryl methyl sites for hydroxylation is 2. The number of hydrogen-bond donors (Lipinski definition) is 2. The molecule has 0 saturated heterocycles. The monoisotopic (exact) mass is 396 g/mol. The first-order valence-electron chi connectivity index (χ1n) is 7.75. The van der Waals surface area contributed by atoms with Crippen molar-refractivity contribution < 1.29 is 4.79 Å². The fourth-order valence-electron chi connectivity index (χ4n) is 2.26. The quantitative estimate of drug-likeness (QED) is 0.661. The Balaban J connectivity index is 1.76. The van der Waals surface area contributed by atoms with E-state index < -0.39 is 0 Å². The highest BCUT2D eigenvalue weighted by Crippen LogP contribution is 2.18. The highest BCUT2D eigenvalue weighted by atomic mass is 79.9. The topological polar surface area (TPSA) is 66.9 Å². The van der Waals surface area contributed by atoms with E-state index in [-0.39, 0.29) is 5.91 Å². The van der Waals surface area contributed by atoms with Crippen molar-refractivity contribution in [2.24, 2.45) is 0 Å². The zero-order valence-corrected chi connectivity index (χ0v) is 15.5. The summed E-state index contributed by atoms with van der Waals surface area (Å²) in [5, 5.41) is 5.95. The van der Waals surface area contributed by atoms with E-state index in [1.165, 1.54) is 11.1 Å². The van der Waals surface area contributed by atoms with E-state index in [2.05, 4.69) is 43.5 Å². The first-order chi connectivity index (χ1) is 12.0. The molecule has 0 saturated carbocycles. The molecule has 0 radical (unpaired) electrons. The summed E-state index contributed by atoms with van der Waals surface area (Å²) in [6.07, 6.45) is 1.56. The SMILES string of the molecule is Cc1ccc(Nc2nccc(C(=O)Nc3cccc(Br)c3)n2)cc1C. The standard InChI is InChI=1S/C19H17BrN4O/c1-12-6-7-16(10-13(12)2)23-19-21-9-8-17(24-19)18(25)22-15-5-3-4-14(20)11-15/h3-11H,1-2H3,(H,22,25)(H,21,23,24). The molecular formula is C19H17BrN4O. The third kappa shape index (κ3) is 4.42. The predicted octanol–water partition coefficient (Wildman–Crippen LogP) is 4.85.